The molecule has 0 unspecified atom stereocenters. The predicted molar refractivity (Wildman–Crippen MR) is 566 cm³/mol. The number of para-hydroxylation sites is 1. The summed E-state index contributed by atoms with van der Waals surface area (Å²) < 4.78 is 7.87. The SMILES string of the molecule is CCCc1ccc(-n2[nH]c(C)c(N=Nc3ccc4ccccc4c3O)c2=O)cc1.CCc1ccc(-n2[nH]c(C)c(N=Nc3ccc4ccccc4c3O)c2=O)cc1.Cc1cc(C)cc(-n2c(O)c(N=Nc3ccc(CO)cc3O)c3ccc(C)cc32)c1.Cc1cc(C)cc(-n2c(O)c(N=Nc3cccc(CO)c3O)c3ccc(C)cc32)c1.Cc1ccc(-n2[nH]c(C)c(N=Nc3ccc4ccccc4c3O)c2=O)cc1. The molecule has 15 aromatic carbocycles. The average Bonchev–Trinajstić information content (AvgIpc) is 1.60. The number of aromatic nitrogens is 8. The molecular weight excluding hydrogens is 1810 g/mol. The lowest BCUT2D eigenvalue weighted by atomic mass is 10.1. The van der Waals surface area contributed by atoms with Gasteiger partial charge in [0.05, 0.1) is 58.4 Å². The van der Waals surface area contributed by atoms with Crippen molar-refractivity contribution < 1.29 is 46.0 Å². The molecule has 0 aliphatic carbocycles. The molecule has 5 heterocycles. The number of phenolic OH excluding ortho intramolecular Hbond substituents is 4. The Morgan fingerprint density at radius 3 is 0.979 bits per heavy atom. The average molecular weight is 1920 g/mol. The van der Waals surface area contributed by atoms with Gasteiger partial charge in [-0.25, -0.2) is 14.0 Å². The van der Waals surface area contributed by atoms with E-state index in [2.05, 4.69) is 92.4 Å². The topological polar surface area (TPSA) is 429 Å². The summed E-state index contributed by atoms with van der Waals surface area (Å²) in [6, 6.07) is 89.8. The number of hydrogen-bond acceptors (Lipinski definition) is 22. The van der Waals surface area contributed by atoms with Crippen LogP contribution in [0, 0.1) is 69.2 Å². The van der Waals surface area contributed by atoms with Gasteiger partial charge < -0.3 is 46.0 Å². The third-order valence-electron chi connectivity index (χ3n) is 24.2. The van der Waals surface area contributed by atoms with Crippen LogP contribution in [0.3, 0.4) is 0 Å². The van der Waals surface area contributed by atoms with Gasteiger partial charge in [-0.3, -0.25) is 38.8 Å². The lowest BCUT2D eigenvalue weighted by molar-refractivity contribution is 0.275. The van der Waals surface area contributed by atoms with Crippen LogP contribution in [-0.2, 0) is 26.1 Å². The van der Waals surface area contributed by atoms with Gasteiger partial charge in [0, 0.05) is 43.9 Å². The zero-order valence-electron chi connectivity index (χ0n) is 81.2. The molecule has 0 saturated carbocycles. The molecule has 0 bridgehead atoms. The highest BCUT2D eigenvalue weighted by atomic mass is 16.3. The summed E-state index contributed by atoms with van der Waals surface area (Å²) in [4.78, 5) is 38.3. The highest BCUT2D eigenvalue weighted by Gasteiger charge is 2.24. The first kappa shape index (κ1) is 98.7. The number of hydrogen-bond donors (Lipinski definition) is 12. The van der Waals surface area contributed by atoms with Crippen molar-refractivity contribution in [3.05, 3.63) is 401 Å². The number of aliphatic hydroxyl groups is 2. The van der Waals surface area contributed by atoms with Crippen LogP contribution < -0.4 is 16.7 Å². The van der Waals surface area contributed by atoms with Crippen molar-refractivity contribution in [3.8, 4) is 68.9 Å². The van der Waals surface area contributed by atoms with Crippen molar-refractivity contribution in [2.75, 3.05) is 0 Å². The Balaban J connectivity index is 0.000000129. The van der Waals surface area contributed by atoms with Crippen LogP contribution in [0.5, 0.6) is 40.5 Å². The molecule has 0 aliphatic rings. The van der Waals surface area contributed by atoms with Crippen LogP contribution in [0.4, 0.5) is 56.9 Å². The van der Waals surface area contributed by atoms with E-state index >= 15 is 0 Å². The molecule has 0 radical (unpaired) electrons. The van der Waals surface area contributed by atoms with Gasteiger partial charge in [0.1, 0.15) is 39.9 Å². The predicted octanol–water partition coefficient (Wildman–Crippen LogP) is 27.8. The summed E-state index contributed by atoms with van der Waals surface area (Å²) in [6.07, 6.45) is 3.02. The third kappa shape index (κ3) is 21.4. The van der Waals surface area contributed by atoms with Crippen molar-refractivity contribution >= 4 is 111 Å². The van der Waals surface area contributed by atoms with Crippen molar-refractivity contribution in [2.24, 2.45) is 51.1 Å². The molecule has 12 N–H and O–H groups in total. The number of rotatable bonds is 20. The summed E-state index contributed by atoms with van der Waals surface area (Å²) in [6.45, 7) is 23.1. The molecule has 20 aromatic rings. The summed E-state index contributed by atoms with van der Waals surface area (Å²) in [5.41, 5.74) is 20.2. The number of H-pyrrole nitrogens is 3. The van der Waals surface area contributed by atoms with Gasteiger partial charge in [0.2, 0.25) is 11.8 Å². The molecule has 0 aliphatic heterocycles. The van der Waals surface area contributed by atoms with Crippen LogP contribution in [0.25, 0.3) is 82.6 Å². The van der Waals surface area contributed by atoms with E-state index in [4.69, 9.17) is 0 Å². The van der Waals surface area contributed by atoms with Gasteiger partial charge >= 0.3 is 0 Å². The number of nitrogens with zero attached hydrogens (tertiary/aromatic N) is 15. The number of phenols is 5. The van der Waals surface area contributed by atoms with E-state index in [1.54, 1.807) is 78.4 Å². The molecule has 0 atom stereocenters. The Kier molecular flexibility index (Phi) is 29.8. The molecule has 0 amide bonds. The number of aromatic amines is 3. The summed E-state index contributed by atoms with van der Waals surface area (Å²) in [5.74, 6) is -0.116. The first-order valence-corrected chi connectivity index (χ1v) is 46.6. The molecule has 0 saturated heterocycles. The number of benzene rings is 15. The maximum absolute atomic E-state index is 12.8. The number of aliphatic hydroxyl groups excluding tert-OH is 2. The highest BCUT2D eigenvalue weighted by Crippen LogP contribution is 2.47. The summed E-state index contributed by atoms with van der Waals surface area (Å²) in [7, 11) is 0. The monoisotopic (exact) mass is 1920 g/mol. The number of azo groups is 5. The quantitative estimate of drug-likeness (QED) is 0.0317. The fourth-order valence-corrected chi connectivity index (χ4v) is 16.8. The van der Waals surface area contributed by atoms with E-state index in [0.29, 0.717) is 72.8 Å². The van der Waals surface area contributed by atoms with E-state index in [-0.39, 0.29) is 98.8 Å². The smallest absolute Gasteiger partial charge is 0.299 e. The van der Waals surface area contributed by atoms with E-state index < -0.39 is 0 Å². The Hall–Kier alpha value is -18.3. The fourth-order valence-electron chi connectivity index (χ4n) is 16.8. The maximum Gasteiger partial charge on any atom is 0.299 e. The molecule has 20 rings (SSSR count). The van der Waals surface area contributed by atoms with Gasteiger partial charge in [-0.2, -0.15) is 0 Å². The van der Waals surface area contributed by atoms with Crippen molar-refractivity contribution in [2.45, 2.75) is 116 Å². The number of aryl methyl sites for hydroxylation is 12. The summed E-state index contributed by atoms with van der Waals surface area (Å²) in [5, 5.41) is 149. The Bertz CT molecular complexity index is 8550. The lowest BCUT2D eigenvalue weighted by Gasteiger charge is -2.10. The Morgan fingerprint density at radius 2 is 0.611 bits per heavy atom. The summed E-state index contributed by atoms with van der Waals surface area (Å²) >= 11 is 0. The zero-order valence-corrected chi connectivity index (χ0v) is 81.2. The van der Waals surface area contributed by atoms with Crippen molar-refractivity contribution in [3.63, 3.8) is 0 Å². The van der Waals surface area contributed by atoms with Crippen LogP contribution in [-0.4, -0.2) is 84.4 Å². The molecule has 30 heteroatoms. The Morgan fingerprint density at radius 1 is 0.271 bits per heavy atom. The van der Waals surface area contributed by atoms with Gasteiger partial charge in [-0.15, -0.1) is 51.1 Å². The minimum atomic E-state index is -0.300. The minimum absolute atomic E-state index is 0.0178. The first-order chi connectivity index (χ1) is 69.5. The van der Waals surface area contributed by atoms with Gasteiger partial charge in [-0.1, -0.05) is 208 Å². The molecule has 144 heavy (non-hydrogen) atoms. The van der Waals surface area contributed by atoms with Crippen molar-refractivity contribution in [1.82, 2.24) is 38.5 Å². The minimum Gasteiger partial charge on any atom is -0.506 e. The van der Waals surface area contributed by atoms with Crippen LogP contribution in [0.1, 0.15) is 98.5 Å². The van der Waals surface area contributed by atoms with E-state index in [1.165, 1.54) is 31.2 Å². The van der Waals surface area contributed by atoms with Crippen LogP contribution in [0.2, 0.25) is 0 Å². The highest BCUT2D eigenvalue weighted by molar-refractivity contribution is 5.99. The first-order valence-electron chi connectivity index (χ1n) is 46.6. The van der Waals surface area contributed by atoms with Crippen LogP contribution >= 0.6 is 0 Å². The molecule has 724 valence electrons. The number of nitrogens with one attached hydrogen (secondary N) is 3. The van der Waals surface area contributed by atoms with E-state index in [9.17, 15) is 60.3 Å². The third-order valence-corrected chi connectivity index (χ3v) is 24.2. The zero-order chi connectivity index (χ0) is 102. The van der Waals surface area contributed by atoms with Crippen LogP contribution in [0.15, 0.2) is 357 Å². The van der Waals surface area contributed by atoms with E-state index in [1.807, 2.05) is 273 Å². The lowest BCUT2D eigenvalue weighted by Crippen LogP contribution is -2.14. The van der Waals surface area contributed by atoms with E-state index in [0.717, 1.165) is 125 Å². The molecular formula is C114H106N18O12. The maximum atomic E-state index is 12.8. The molecule has 0 fully saturated rings. The second kappa shape index (κ2) is 43.4. The standard InChI is InChI=1S/2C24H23N3O3.C23H22N4O2.C22H20N4O2.C21H18N4O2/c1-14-4-6-19-21(11-14)27(18-9-15(2)8-16(3)10-18)24(30)23(19)26-25-20-7-5-17(13-28)12-22(20)29;1-14-7-8-19-21(12-14)27(18-10-15(2)9-16(3)11-18)24(30)22(19)26-25-20-6-4-5-17(13-28)23(20)29;1-3-6-16-9-12-18(13-10-16)27-23(29)21(15(2)26-27)25-24-20-14-11-17-7-4-5-8-19(17)22(20)28;1-3-15-8-11-17(12-9-15)26-22(28)20(14(2)25-26)24-23-19-13-10-16-6-4-5-7-18(16)21(19)27;1-13-7-10-16(11-8-13)25-21(27)19(14(2)24-25)23-22-18-12-9-15-5-3-4-6-17(15)20(18)26/h2*4-12,28-30H,13H2,1-3H3;4-5,7-14,26,28H,3,6H2,1-2H3;4-13,25,27H,3H2,1-2H3;3-12,24,26H,1-2H3. The van der Waals surface area contributed by atoms with Gasteiger partial charge in [0.25, 0.3) is 16.7 Å². The number of aromatic hydroxyl groups is 7. The normalized spacial score (nSPS) is 11.5. The van der Waals surface area contributed by atoms with Gasteiger partial charge in [0.15, 0.2) is 45.7 Å². The largest absolute Gasteiger partial charge is 0.506 e. The molecule has 5 aromatic heterocycles. The second-order valence-electron chi connectivity index (χ2n) is 35.1. The molecule has 0 spiro atoms. The fraction of sp³-hybridized carbons (Fsp3) is 0.149. The Labute approximate surface area is 826 Å². The second-order valence-corrected chi connectivity index (χ2v) is 35.1. The molecule has 30 nitrogen and oxygen atoms in total. The van der Waals surface area contributed by atoms with Gasteiger partial charge in [-0.05, 0) is 258 Å². The number of fused-ring (bicyclic) bond motifs is 5. The van der Waals surface area contributed by atoms with Crippen molar-refractivity contribution in [1.29, 1.82) is 0 Å².